The van der Waals surface area contributed by atoms with Crippen LogP contribution in [-0.2, 0) is 22.7 Å². The third-order valence-corrected chi connectivity index (χ3v) is 6.19. The Morgan fingerprint density at radius 2 is 2.10 bits per heavy atom. The molecule has 0 saturated carbocycles. The van der Waals surface area contributed by atoms with Gasteiger partial charge in [0.05, 0.1) is 28.8 Å². The second-order valence-electron chi connectivity index (χ2n) is 7.01. The molecule has 0 saturated heterocycles. The van der Waals surface area contributed by atoms with Crippen LogP contribution in [-0.4, -0.2) is 45.4 Å². The van der Waals surface area contributed by atoms with Crippen LogP contribution in [0.2, 0.25) is 0 Å². The second kappa shape index (κ2) is 10.1. The molecular weight excluding hydrogens is 406 g/mol. The Labute approximate surface area is 179 Å². The first kappa shape index (κ1) is 21.7. The molecule has 0 spiro atoms. The Morgan fingerprint density at radius 1 is 1.28 bits per heavy atom. The molecule has 8 nitrogen and oxygen atoms in total. The van der Waals surface area contributed by atoms with Crippen LogP contribution in [0.4, 0.5) is 17.1 Å². The van der Waals surface area contributed by atoms with Crippen LogP contribution >= 0.6 is 11.8 Å². The van der Waals surface area contributed by atoms with Crippen LogP contribution in [0.15, 0.2) is 32.1 Å². The maximum absolute atomic E-state index is 12.5. The van der Waals surface area contributed by atoms with Crippen molar-refractivity contribution in [1.82, 2.24) is 19.7 Å². The standard InChI is InChI=1S/C19H27N7OS2/c1-5-7-11-26-18(15(6-2)25(3)4)21-22-19(26)28-12-16(27)20-13-9-8-10-14-17(13)24-29-23-14/h8-10,15H,5-7,11-12H2,1-4H3,(H,20,27). The summed E-state index contributed by atoms with van der Waals surface area (Å²) in [5, 5.41) is 12.6. The van der Waals surface area contributed by atoms with Gasteiger partial charge in [-0.1, -0.05) is 38.1 Å². The summed E-state index contributed by atoms with van der Waals surface area (Å²) in [6.45, 7) is 5.18. The number of aromatic nitrogens is 3. The number of nitrogens with one attached hydrogen (secondary N) is 1. The normalized spacial score (nSPS) is 13.4. The van der Waals surface area contributed by atoms with Crippen molar-refractivity contribution in [2.24, 2.45) is 8.73 Å². The number of rotatable bonds is 10. The molecule has 0 bridgehead atoms. The zero-order chi connectivity index (χ0) is 20.8. The number of nitrogens with zero attached hydrogens (tertiary/aromatic N) is 6. The maximum atomic E-state index is 12.5. The fourth-order valence-electron chi connectivity index (χ4n) is 3.18. The third kappa shape index (κ3) is 5.12. The van der Waals surface area contributed by atoms with Crippen LogP contribution in [0.3, 0.4) is 0 Å². The smallest absolute Gasteiger partial charge is 0.234 e. The molecule has 1 unspecified atom stereocenters. The summed E-state index contributed by atoms with van der Waals surface area (Å²) >= 11 is 2.56. The lowest BCUT2D eigenvalue weighted by Crippen LogP contribution is -2.23. The molecule has 2 heterocycles. The van der Waals surface area contributed by atoms with Crippen molar-refractivity contribution in [2.75, 3.05) is 25.2 Å². The molecule has 10 heteroatoms. The highest BCUT2D eigenvalue weighted by Gasteiger charge is 2.22. The first-order valence-electron chi connectivity index (χ1n) is 9.78. The molecule has 1 aromatic heterocycles. The van der Waals surface area contributed by atoms with Crippen molar-refractivity contribution < 1.29 is 4.79 Å². The zero-order valence-electron chi connectivity index (χ0n) is 17.3. The predicted molar refractivity (Wildman–Crippen MR) is 119 cm³/mol. The molecule has 1 aromatic carbocycles. The predicted octanol–water partition coefficient (Wildman–Crippen LogP) is 4.55. The van der Waals surface area contributed by atoms with Crippen LogP contribution in [0.5, 0.6) is 0 Å². The van der Waals surface area contributed by atoms with Gasteiger partial charge in [-0.15, -0.1) is 10.2 Å². The van der Waals surface area contributed by atoms with E-state index in [9.17, 15) is 4.79 Å². The van der Waals surface area contributed by atoms with E-state index >= 15 is 0 Å². The third-order valence-electron chi connectivity index (χ3n) is 4.68. The second-order valence-corrected chi connectivity index (χ2v) is 8.48. The average molecular weight is 434 g/mol. The molecule has 0 aliphatic carbocycles. The van der Waals surface area contributed by atoms with Crippen LogP contribution in [0.1, 0.15) is 45.0 Å². The average Bonchev–Trinajstić information content (AvgIpc) is 3.33. The summed E-state index contributed by atoms with van der Waals surface area (Å²) in [5.74, 6) is 1.13. The van der Waals surface area contributed by atoms with E-state index in [0.717, 1.165) is 59.5 Å². The van der Waals surface area contributed by atoms with Gasteiger partial charge in [0.25, 0.3) is 0 Å². The molecule has 1 aliphatic heterocycles. The zero-order valence-corrected chi connectivity index (χ0v) is 18.9. The summed E-state index contributed by atoms with van der Waals surface area (Å²) in [7, 11) is 4.11. The summed E-state index contributed by atoms with van der Waals surface area (Å²) in [5.41, 5.74) is 2.20. The van der Waals surface area contributed by atoms with Gasteiger partial charge in [-0.2, -0.15) is 8.73 Å². The fraction of sp³-hybridized carbons (Fsp3) is 0.526. The lowest BCUT2D eigenvalue weighted by atomic mass is 10.2. The molecule has 1 N–H and O–H groups in total. The Bertz CT molecular complexity index is 935. The lowest BCUT2D eigenvalue weighted by Gasteiger charge is -2.23. The quantitative estimate of drug-likeness (QED) is 0.474. The molecule has 1 amide bonds. The van der Waals surface area contributed by atoms with Crippen LogP contribution < -0.4 is 5.32 Å². The number of amides is 1. The van der Waals surface area contributed by atoms with Gasteiger partial charge >= 0.3 is 0 Å². The van der Waals surface area contributed by atoms with E-state index in [4.69, 9.17) is 0 Å². The van der Waals surface area contributed by atoms with Gasteiger partial charge in [0.15, 0.2) is 11.0 Å². The minimum atomic E-state index is -0.0956. The Balaban J connectivity index is 1.70. The summed E-state index contributed by atoms with van der Waals surface area (Å²) < 4.78 is 10.6. The van der Waals surface area contributed by atoms with Crippen molar-refractivity contribution in [2.45, 2.75) is 50.9 Å². The van der Waals surface area contributed by atoms with Crippen molar-refractivity contribution in [1.29, 1.82) is 0 Å². The van der Waals surface area contributed by atoms with E-state index in [0.29, 0.717) is 5.69 Å². The molecule has 2 aromatic rings. The number of fused-ring (bicyclic) bond motifs is 1. The van der Waals surface area contributed by atoms with Crippen molar-refractivity contribution in [3.63, 3.8) is 0 Å². The number of carbonyl (C=O) groups is 1. The van der Waals surface area contributed by atoms with E-state index in [-0.39, 0.29) is 17.7 Å². The Morgan fingerprint density at radius 3 is 2.83 bits per heavy atom. The largest absolute Gasteiger partial charge is 0.323 e. The fourth-order valence-corrected chi connectivity index (χ4v) is 4.50. The van der Waals surface area contributed by atoms with Gasteiger partial charge in [-0.3, -0.25) is 9.69 Å². The summed E-state index contributed by atoms with van der Waals surface area (Å²) in [6.07, 6.45) is 3.09. The van der Waals surface area contributed by atoms with E-state index in [1.807, 2.05) is 18.2 Å². The van der Waals surface area contributed by atoms with Gasteiger partial charge in [0.2, 0.25) is 5.91 Å². The van der Waals surface area contributed by atoms with Crippen molar-refractivity contribution in [3.8, 4) is 0 Å². The van der Waals surface area contributed by atoms with E-state index in [1.165, 1.54) is 11.8 Å². The van der Waals surface area contributed by atoms with E-state index in [1.54, 1.807) is 0 Å². The lowest BCUT2D eigenvalue weighted by molar-refractivity contribution is -0.113. The number of thioether (sulfide) groups is 1. The van der Waals surface area contributed by atoms with Crippen LogP contribution in [0, 0.1) is 0 Å². The maximum Gasteiger partial charge on any atom is 0.234 e. The van der Waals surface area contributed by atoms with Crippen molar-refractivity contribution in [3.05, 3.63) is 24.0 Å². The number of hydrogen-bond acceptors (Lipinski definition) is 7. The number of anilines is 1. The summed E-state index contributed by atoms with van der Waals surface area (Å²) in [4.78, 5) is 14.7. The van der Waals surface area contributed by atoms with Gasteiger partial charge < -0.3 is 9.88 Å². The molecule has 0 fully saturated rings. The molecular formula is C19H27N7OS2. The Kier molecular flexibility index (Phi) is 7.57. The van der Waals surface area contributed by atoms with Gasteiger partial charge in [-0.05, 0) is 39.1 Å². The molecule has 156 valence electrons. The van der Waals surface area contributed by atoms with Gasteiger partial charge in [-0.25, -0.2) is 0 Å². The Hall–Kier alpha value is -2.04. The first-order valence-corrected chi connectivity index (χ1v) is 11.5. The van der Waals surface area contributed by atoms with Crippen molar-refractivity contribution >= 4 is 46.1 Å². The SMILES string of the molecule is CCCCn1c(SCC(=O)Nc2cccc3c2N=S=N3)nnc1C(CC)N(C)C. The van der Waals surface area contributed by atoms with Crippen LogP contribution in [0.25, 0.3) is 0 Å². The van der Waals surface area contributed by atoms with Gasteiger partial charge in [0.1, 0.15) is 11.4 Å². The molecule has 0 radical (unpaired) electrons. The molecule has 29 heavy (non-hydrogen) atoms. The van der Waals surface area contributed by atoms with E-state index in [2.05, 4.69) is 61.6 Å². The molecule has 1 aliphatic rings. The number of unbranched alkanes of at least 4 members (excludes halogenated alkanes) is 1. The number of carbonyl (C=O) groups excluding carboxylic acids is 1. The van der Waals surface area contributed by atoms with Gasteiger partial charge in [0, 0.05) is 6.54 Å². The number of benzene rings is 1. The van der Waals surface area contributed by atoms with E-state index < -0.39 is 0 Å². The monoisotopic (exact) mass is 433 g/mol. The highest BCUT2D eigenvalue weighted by molar-refractivity contribution is 7.99. The molecule has 3 rings (SSSR count). The summed E-state index contributed by atoms with van der Waals surface area (Å²) in [6, 6.07) is 5.80. The molecule has 1 atom stereocenters. The topological polar surface area (TPSA) is 87.8 Å². The minimum absolute atomic E-state index is 0.0956. The number of hydrogen-bond donors (Lipinski definition) is 1. The highest BCUT2D eigenvalue weighted by Crippen LogP contribution is 2.38. The highest BCUT2D eigenvalue weighted by atomic mass is 32.2. The minimum Gasteiger partial charge on any atom is -0.323 e. The first-order chi connectivity index (χ1) is 14.0.